The summed E-state index contributed by atoms with van der Waals surface area (Å²) in [6, 6.07) is 5.86. The molecule has 0 saturated heterocycles. The molecule has 0 unspecified atom stereocenters. The van der Waals surface area contributed by atoms with E-state index in [0.29, 0.717) is 5.82 Å². The molecule has 1 aromatic heterocycles. The molecule has 1 aromatic carbocycles. The van der Waals surface area contributed by atoms with Gasteiger partial charge in [0.05, 0.1) is 0 Å². The molecule has 0 aliphatic rings. The first-order valence-corrected chi connectivity index (χ1v) is 8.81. The third kappa shape index (κ3) is 2.96. The molecule has 1 heterocycles. The molecule has 0 spiro atoms. The fourth-order valence-electron chi connectivity index (χ4n) is 2.36. The van der Waals surface area contributed by atoms with Gasteiger partial charge in [0, 0.05) is 21.8 Å². The average Bonchev–Trinajstić information content (AvgIpc) is 2.72. The number of nitrogens with zero attached hydrogens (tertiary/aromatic N) is 3. The molecule has 5 nitrogen and oxygen atoms in total. The minimum atomic E-state index is -3.97. The summed E-state index contributed by atoms with van der Waals surface area (Å²) in [5.74, 6) is 0.511. The van der Waals surface area contributed by atoms with Gasteiger partial charge in [-0.3, -0.25) is 4.57 Å². The maximum atomic E-state index is 11.8. The van der Waals surface area contributed by atoms with Crippen LogP contribution in [0.4, 0.5) is 0 Å². The van der Waals surface area contributed by atoms with Crippen LogP contribution in [0.3, 0.4) is 0 Å². The summed E-state index contributed by atoms with van der Waals surface area (Å²) < 4.78 is 25.1. The van der Waals surface area contributed by atoms with Crippen LogP contribution in [0.25, 0.3) is 11.4 Å². The summed E-state index contributed by atoms with van der Waals surface area (Å²) in [4.78, 5) is 0. The molecule has 0 N–H and O–H groups in total. The molecule has 0 aliphatic carbocycles. The van der Waals surface area contributed by atoms with Crippen molar-refractivity contribution in [1.82, 2.24) is 14.8 Å². The lowest BCUT2D eigenvalue weighted by Crippen LogP contribution is -2.26. The van der Waals surface area contributed by atoms with Crippen molar-refractivity contribution < 1.29 is 8.42 Å². The molecule has 0 aliphatic heterocycles. The van der Waals surface area contributed by atoms with Crippen molar-refractivity contribution in [2.45, 2.75) is 45.3 Å². The van der Waals surface area contributed by atoms with Gasteiger partial charge < -0.3 is 0 Å². The first-order chi connectivity index (χ1) is 9.53. The zero-order valence-corrected chi connectivity index (χ0v) is 14.2. The topological polar surface area (TPSA) is 64.8 Å². The maximum absolute atomic E-state index is 11.8. The molecular formula is C14H18ClN3O2S. The molecule has 2 rings (SSSR count). The number of halogens is 1. The summed E-state index contributed by atoms with van der Waals surface area (Å²) in [5.41, 5.74) is 2.37. The van der Waals surface area contributed by atoms with Crippen molar-refractivity contribution >= 4 is 19.7 Å². The van der Waals surface area contributed by atoms with Crippen molar-refractivity contribution in [1.29, 1.82) is 0 Å². The highest BCUT2D eigenvalue weighted by Gasteiger charge is 2.31. The summed E-state index contributed by atoms with van der Waals surface area (Å²) in [6.07, 6.45) is 0. The second kappa shape index (κ2) is 5.10. The van der Waals surface area contributed by atoms with Gasteiger partial charge in [-0.05, 0) is 45.7 Å². The third-order valence-electron chi connectivity index (χ3n) is 3.23. The smallest absolute Gasteiger partial charge is 0.291 e. The van der Waals surface area contributed by atoms with Crippen LogP contribution in [-0.4, -0.2) is 23.2 Å². The van der Waals surface area contributed by atoms with Gasteiger partial charge in [-0.15, -0.1) is 10.2 Å². The van der Waals surface area contributed by atoms with Gasteiger partial charge in [0.15, 0.2) is 5.82 Å². The SMILES string of the molecule is Cc1cccc(C)c1-c1nnc(S(=O)(=O)Cl)n1C(C)(C)C. The molecule has 114 valence electrons. The zero-order chi connectivity index (χ0) is 16.0. The molecule has 0 radical (unpaired) electrons. The monoisotopic (exact) mass is 327 g/mol. The summed E-state index contributed by atoms with van der Waals surface area (Å²) >= 11 is 0. The van der Waals surface area contributed by atoms with E-state index in [4.69, 9.17) is 10.7 Å². The lowest BCUT2D eigenvalue weighted by atomic mass is 10.0. The number of aryl methyl sites for hydroxylation is 2. The largest absolute Gasteiger partial charge is 0.296 e. The standard InChI is InChI=1S/C14H18ClN3O2S/c1-9-7-6-8-10(2)11(9)12-16-17-13(21(15,19)20)18(12)14(3,4)5/h6-8H,1-5H3. The van der Waals surface area contributed by atoms with Crippen molar-refractivity contribution in [3.8, 4) is 11.4 Å². The third-order valence-corrected chi connectivity index (χ3v) is 4.34. The van der Waals surface area contributed by atoms with Crippen LogP contribution in [0.1, 0.15) is 31.9 Å². The fraction of sp³-hybridized carbons (Fsp3) is 0.429. The molecular weight excluding hydrogens is 310 g/mol. The highest BCUT2D eigenvalue weighted by atomic mass is 35.7. The summed E-state index contributed by atoms with van der Waals surface area (Å²) in [7, 11) is 1.53. The first kappa shape index (κ1) is 16.0. The number of aromatic nitrogens is 3. The molecule has 0 atom stereocenters. The van der Waals surface area contributed by atoms with Crippen LogP contribution in [0, 0.1) is 13.8 Å². The van der Waals surface area contributed by atoms with Crippen LogP contribution < -0.4 is 0 Å². The van der Waals surface area contributed by atoms with Crippen LogP contribution in [0.2, 0.25) is 0 Å². The minimum absolute atomic E-state index is 0.227. The van der Waals surface area contributed by atoms with E-state index in [1.165, 1.54) is 0 Å². The second-order valence-corrected chi connectivity index (χ2v) is 8.48. The number of benzene rings is 1. The van der Waals surface area contributed by atoms with Gasteiger partial charge in [0.25, 0.3) is 14.2 Å². The molecule has 0 saturated carbocycles. The van der Waals surface area contributed by atoms with Gasteiger partial charge in [-0.1, -0.05) is 18.2 Å². The molecule has 2 aromatic rings. The van der Waals surface area contributed by atoms with E-state index in [9.17, 15) is 8.42 Å². The van der Waals surface area contributed by atoms with Gasteiger partial charge in [0.1, 0.15) is 0 Å². The van der Waals surface area contributed by atoms with Crippen molar-refractivity contribution in [2.75, 3.05) is 0 Å². The van der Waals surface area contributed by atoms with E-state index in [2.05, 4.69) is 10.2 Å². The van der Waals surface area contributed by atoms with Gasteiger partial charge >= 0.3 is 0 Å². The Bertz CT molecular complexity index is 769. The molecule has 0 fully saturated rings. The molecule has 7 heteroatoms. The Morgan fingerprint density at radius 2 is 1.62 bits per heavy atom. The van der Waals surface area contributed by atoms with E-state index in [0.717, 1.165) is 16.7 Å². The summed E-state index contributed by atoms with van der Waals surface area (Å²) in [6.45, 7) is 9.58. The Morgan fingerprint density at radius 3 is 2.05 bits per heavy atom. The average molecular weight is 328 g/mol. The Labute approximate surface area is 129 Å². The number of rotatable bonds is 2. The van der Waals surface area contributed by atoms with Crippen LogP contribution >= 0.6 is 10.7 Å². The number of hydrogen-bond donors (Lipinski definition) is 0. The first-order valence-electron chi connectivity index (χ1n) is 6.50. The highest BCUT2D eigenvalue weighted by molar-refractivity contribution is 8.13. The Balaban J connectivity index is 2.87. The normalized spacial score (nSPS) is 12.7. The number of hydrogen-bond acceptors (Lipinski definition) is 4. The predicted octanol–water partition coefficient (Wildman–Crippen LogP) is 3.24. The van der Waals surface area contributed by atoms with E-state index < -0.39 is 14.6 Å². The van der Waals surface area contributed by atoms with Crippen molar-refractivity contribution in [2.24, 2.45) is 0 Å². The van der Waals surface area contributed by atoms with E-state index in [-0.39, 0.29) is 5.16 Å². The Kier molecular flexibility index (Phi) is 3.88. The molecule has 21 heavy (non-hydrogen) atoms. The maximum Gasteiger partial charge on any atom is 0.296 e. The quantitative estimate of drug-likeness (QED) is 0.794. The van der Waals surface area contributed by atoms with Crippen LogP contribution in [-0.2, 0) is 14.6 Å². The predicted molar refractivity (Wildman–Crippen MR) is 83.0 cm³/mol. The Hall–Kier alpha value is -1.40. The van der Waals surface area contributed by atoms with Crippen LogP contribution in [0.15, 0.2) is 23.4 Å². The molecule has 0 bridgehead atoms. The minimum Gasteiger partial charge on any atom is -0.291 e. The lowest BCUT2D eigenvalue weighted by molar-refractivity contribution is 0.367. The van der Waals surface area contributed by atoms with E-state index >= 15 is 0 Å². The van der Waals surface area contributed by atoms with Crippen LogP contribution in [0.5, 0.6) is 0 Å². The lowest BCUT2D eigenvalue weighted by Gasteiger charge is -2.25. The second-order valence-electron chi connectivity index (χ2n) is 6.02. The van der Waals surface area contributed by atoms with E-state index in [1.54, 1.807) is 4.57 Å². The van der Waals surface area contributed by atoms with Crippen molar-refractivity contribution in [3.05, 3.63) is 29.3 Å². The van der Waals surface area contributed by atoms with Gasteiger partial charge in [-0.25, -0.2) is 8.42 Å². The zero-order valence-electron chi connectivity index (χ0n) is 12.7. The summed E-state index contributed by atoms with van der Waals surface area (Å²) in [5, 5.41) is 7.67. The van der Waals surface area contributed by atoms with Crippen molar-refractivity contribution in [3.63, 3.8) is 0 Å². The molecule has 0 amide bonds. The highest BCUT2D eigenvalue weighted by Crippen LogP contribution is 2.32. The Morgan fingerprint density at radius 1 is 1.10 bits per heavy atom. The van der Waals surface area contributed by atoms with Gasteiger partial charge in [0.2, 0.25) is 0 Å². The van der Waals surface area contributed by atoms with Gasteiger partial charge in [-0.2, -0.15) is 0 Å². The van der Waals surface area contributed by atoms with E-state index in [1.807, 2.05) is 52.8 Å². The fourth-order valence-corrected chi connectivity index (χ4v) is 3.38.